The van der Waals surface area contributed by atoms with Crippen LogP contribution in [0.2, 0.25) is 0 Å². The molecule has 2 aromatic heterocycles. The van der Waals surface area contributed by atoms with Crippen LogP contribution in [0.3, 0.4) is 0 Å². The Kier molecular flexibility index (Phi) is 6.58. The molecular weight excluding hydrogens is 396 g/mol. The molecule has 1 fully saturated rings. The van der Waals surface area contributed by atoms with E-state index in [0.717, 1.165) is 74.2 Å². The third-order valence-electron chi connectivity index (χ3n) is 6.74. The number of rotatable bonds is 6. The summed E-state index contributed by atoms with van der Waals surface area (Å²) in [7, 11) is 0. The molecule has 164 valence electrons. The quantitative estimate of drug-likeness (QED) is 0.731. The van der Waals surface area contributed by atoms with E-state index in [4.69, 9.17) is 4.98 Å². The molecule has 1 aliphatic carbocycles. The second kappa shape index (κ2) is 9.18. The summed E-state index contributed by atoms with van der Waals surface area (Å²) in [6.45, 7) is 9.11. The second-order valence-electron chi connectivity index (χ2n) is 9.22. The van der Waals surface area contributed by atoms with Gasteiger partial charge in [-0.3, -0.25) is 14.5 Å². The number of aryl methyl sites for hydroxylation is 1. The van der Waals surface area contributed by atoms with Gasteiger partial charge in [0.15, 0.2) is 0 Å². The maximum Gasteiger partial charge on any atom is 0.259 e. The molecular formula is C23H34N4O2S. The number of H-pyrrole nitrogens is 1. The van der Waals surface area contributed by atoms with E-state index in [-0.39, 0.29) is 17.5 Å². The van der Waals surface area contributed by atoms with Crippen molar-refractivity contribution < 1.29 is 4.79 Å². The Bertz CT molecular complexity index is 966. The van der Waals surface area contributed by atoms with Crippen LogP contribution >= 0.6 is 11.3 Å². The van der Waals surface area contributed by atoms with Gasteiger partial charge in [0, 0.05) is 24.4 Å². The molecule has 7 heteroatoms. The molecule has 3 unspecified atom stereocenters. The first kappa shape index (κ1) is 21.5. The van der Waals surface area contributed by atoms with Gasteiger partial charge in [-0.25, -0.2) is 4.98 Å². The average Bonchev–Trinajstić information content (AvgIpc) is 3.10. The third-order valence-corrected chi connectivity index (χ3v) is 7.89. The highest BCUT2D eigenvalue weighted by Crippen LogP contribution is 2.36. The lowest BCUT2D eigenvalue weighted by Crippen LogP contribution is -2.42. The topological polar surface area (TPSA) is 78.1 Å². The first-order chi connectivity index (χ1) is 14.5. The highest BCUT2D eigenvalue weighted by Gasteiger charge is 2.28. The minimum Gasteiger partial charge on any atom is -0.356 e. The zero-order valence-corrected chi connectivity index (χ0v) is 19.2. The predicted molar refractivity (Wildman–Crippen MR) is 122 cm³/mol. The summed E-state index contributed by atoms with van der Waals surface area (Å²) in [5, 5.41) is 3.91. The van der Waals surface area contributed by atoms with Crippen molar-refractivity contribution in [3.63, 3.8) is 0 Å². The Morgan fingerprint density at radius 2 is 2.23 bits per heavy atom. The number of thiophene rings is 1. The number of carbonyl (C=O) groups is 1. The monoisotopic (exact) mass is 430 g/mol. The van der Waals surface area contributed by atoms with Crippen molar-refractivity contribution in [3.05, 3.63) is 26.6 Å². The minimum absolute atomic E-state index is 0.0225. The largest absolute Gasteiger partial charge is 0.356 e. The Morgan fingerprint density at radius 1 is 1.40 bits per heavy atom. The number of hydrogen-bond acceptors (Lipinski definition) is 5. The fourth-order valence-electron chi connectivity index (χ4n) is 4.93. The molecule has 4 rings (SSSR count). The van der Waals surface area contributed by atoms with E-state index >= 15 is 0 Å². The molecule has 0 saturated carbocycles. The molecule has 3 heterocycles. The van der Waals surface area contributed by atoms with Crippen LogP contribution in [0.1, 0.15) is 75.2 Å². The van der Waals surface area contributed by atoms with Crippen molar-refractivity contribution in [3.8, 4) is 0 Å². The highest BCUT2D eigenvalue weighted by atomic mass is 32.1. The van der Waals surface area contributed by atoms with Gasteiger partial charge in [0.05, 0.1) is 11.4 Å². The molecule has 0 bridgehead atoms. The molecule has 6 nitrogen and oxygen atoms in total. The lowest BCUT2D eigenvalue weighted by molar-refractivity contribution is -0.121. The number of aromatic nitrogens is 2. The van der Waals surface area contributed by atoms with Crippen LogP contribution in [-0.4, -0.2) is 40.4 Å². The molecule has 1 amide bonds. The van der Waals surface area contributed by atoms with E-state index in [9.17, 15) is 9.59 Å². The fourth-order valence-corrected chi connectivity index (χ4v) is 6.32. The lowest BCUT2D eigenvalue weighted by Gasteiger charge is -2.36. The van der Waals surface area contributed by atoms with Gasteiger partial charge in [0.2, 0.25) is 5.91 Å². The van der Waals surface area contributed by atoms with E-state index < -0.39 is 0 Å². The Hall–Kier alpha value is -1.73. The van der Waals surface area contributed by atoms with E-state index in [1.54, 1.807) is 11.3 Å². The summed E-state index contributed by atoms with van der Waals surface area (Å²) in [6.07, 6.45) is 6.94. The van der Waals surface area contributed by atoms with Gasteiger partial charge in [0.1, 0.15) is 10.7 Å². The van der Waals surface area contributed by atoms with Crippen molar-refractivity contribution in [1.29, 1.82) is 0 Å². The Balaban J connectivity index is 1.49. The van der Waals surface area contributed by atoms with Crippen LogP contribution in [0.25, 0.3) is 10.2 Å². The molecule has 2 aromatic rings. The van der Waals surface area contributed by atoms with E-state index in [0.29, 0.717) is 18.3 Å². The highest BCUT2D eigenvalue weighted by molar-refractivity contribution is 7.18. The zero-order chi connectivity index (χ0) is 21.3. The third kappa shape index (κ3) is 4.47. The molecule has 1 saturated heterocycles. The molecule has 3 atom stereocenters. The molecule has 0 radical (unpaired) electrons. The number of amides is 1. The number of piperidine rings is 1. The van der Waals surface area contributed by atoms with Crippen LogP contribution in [0.4, 0.5) is 0 Å². The van der Waals surface area contributed by atoms with Gasteiger partial charge in [-0.1, -0.05) is 13.8 Å². The van der Waals surface area contributed by atoms with Crippen molar-refractivity contribution in [2.45, 2.75) is 71.8 Å². The SMILES string of the molecule is CCCC(=O)NCC1CCCN(C(C)c2nc3sc4c(c3c(=O)[nH]2)CCC(C)C4)C1. The van der Waals surface area contributed by atoms with E-state index in [2.05, 4.69) is 29.0 Å². The minimum atomic E-state index is 0.0225. The first-order valence-corrected chi connectivity index (χ1v) is 12.3. The number of aromatic amines is 1. The Labute approximate surface area is 182 Å². The first-order valence-electron chi connectivity index (χ1n) is 11.5. The molecule has 2 aliphatic rings. The summed E-state index contributed by atoms with van der Waals surface area (Å²) < 4.78 is 0. The van der Waals surface area contributed by atoms with Crippen molar-refractivity contribution in [2.24, 2.45) is 11.8 Å². The fraction of sp³-hybridized carbons (Fsp3) is 0.696. The van der Waals surface area contributed by atoms with Crippen LogP contribution < -0.4 is 10.9 Å². The van der Waals surface area contributed by atoms with Gasteiger partial charge in [0.25, 0.3) is 5.56 Å². The lowest BCUT2D eigenvalue weighted by atomic mass is 9.89. The molecule has 2 N–H and O–H groups in total. The smallest absolute Gasteiger partial charge is 0.259 e. The van der Waals surface area contributed by atoms with E-state index in [1.807, 2.05) is 6.92 Å². The van der Waals surface area contributed by atoms with Gasteiger partial charge in [-0.2, -0.15) is 0 Å². The molecule has 1 aliphatic heterocycles. The van der Waals surface area contributed by atoms with Gasteiger partial charge < -0.3 is 10.3 Å². The summed E-state index contributed by atoms with van der Waals surface area (Å²) in [6, 6.07) is 0.0642. The van der Waals surface area contributed by atoms with Gasteiger partial charge in [-0.15, -0.1) is 11.3 Å². The summed E-state index contributed by atoms with van der Waals surface area (Å²) in [4.78, 5) is 37.4. The predicted octanol–water partition coefficient (Wildman–Crippen LogP) is 3.80. The number of fused-ring (bicyclic) bond motifs is 3. The number of nitrogens with one attached hydrogen (secondary N) is 2. The maximum absolute atomic E-state index is 12.9. The van der Waals surface area contributed by atoms with Crippen molar-refractivity contribution in [1.82, 2.24) is 20.2 Å². The molecule has 0 spiro atoms. The number of nitrogens with zero attached hydrogens (tertiary/aromatic N) is 2. The molecule has 0 aromatic carbocycles. The normalized spacial score (nSPS) is 23.3. The Morgan fingerprint density at radius 3 is 3.03 bits per heavy atom. The molecule has 30 heavy (non-hydrogen) atoms. The van der Waals surface area contributed by atoms with Crippen molar-refractivity contribution in [2.75, 3.05) is 19.6 Å². The number of hydrogen-bond donors (Lipinski definition) is 2. The number of carbonyl (C=O) groups excluding carboxylic acids is 1. The maximum atomic E-state index is 12.9. The summed E-state index contributed by atoms with van der Waals surface area (Å²) >= 11 is 1.72. The average molecular weight is 431 g/mol. The van der Waals surface area contributed by atoms with Crippen LogP contribution in [-0.2, 0) is 17.6 Å². The summed E-state index contributed by atoms with van der Waals surface area (Å²) in [5.74, 6) is 2.06. The summed E-state index contributed by atoms with van der Waals surface area (Å²) in [5.41, 5.74) is 1.26. The van der Waals surface area contributed by atoms with Crippen molar-refractivity contribution >= 4 is 27.5 Å². The standard InChI is InChI=1S/C23H34N4O2S/c1-4-6-19(28)24-12-16-7-5-10-27(13-16)15(3)21-25-22(29)20-17-9-8-14(2)11-18(17)30-23(20)26-21/h14-16H,4-13H2,1-3H3,(H,24,28)(H,25,26,29). The van der Waals surface area contributed by atoms with E-state index in [1.165, 1.54) is 10.4 Å². The van der Waals surface area contributed by atoms with Gasteiger partial charge in [-0.05, 0) is 69.4 Å². The van der Waals surface area contributed by atoms with Crippen LogP contribution in [0.5, 0.6) is 0 Å². The number of likely N-dealkylation sites (tertiary alicyclic amines) is 1. The van der Waals surface area contributed by atoms with Gasteiger partial charge >= 0.3 is 0 Å². The van der Waals surface area contributed by atoms with Crippen LogP contribution in [0.15, 0.2) is 4.79 Å². The zero-order valence-electron chi connectivity index (χ0n) is 18.4. The van der Waals surface area contributed by atoms with Crippen LogP contribution in [0, 0.1) is 11.8 Å². The second-order valence-corrected chi connectivity index (χ2v) is 10.3.